The molecule has 0 radical (unpaired) electrons. The fourth-order valence-corrected chi connectivity index (χ4v) is 3.21. The number of nitrogen functional groups attached to an aromatic ring is 1. The molecule has 1 saturated heterocycles. The van der Waals surface area contributed by atoms with Crippen LogP contribution in [0.1, 0.15) is 16.9 Å². The van der Waals surface area contributed by atoms with Crippen LogP contribution in [0, 0.1) is 0 Å². The molecule has 1 aromatic carbocycles. The van der Waals surface area contributed by atoms with Gasteiger partial charge in [-0.15, -0.1) is 0 Å². The number of aromatic nitrogens is 2. The molecule has 6 heteroatoms. The van der Waals surface area contributed by atoms with Gasteiger partial charge < -0.3 is 10.6 Å². The van der Waals surface area contributed by atoms with E-state index < -0.39 is 0 Å². The molecular formula is C15H18N4OS. The first-order valence-electron chi connectivity index (χ1n) is 7.03. The first-order chi connectivity index (χ1) is 10.2. The van der Waals surface area contributed by atoms with Crippen molar-refractivity contribution in [2.45, 2.75) is 6.42 Å². The Morgan fingerprint density at radius 1 is 1.14 bits per heavy atom. The van der Waals surface area contributed by atoms with Gasteiger partial charge in [-0.3, -0.25) is 4.79 Å². The van der Waals surface area contributed by atoms with Crippen molar-refractivity contribution in [3.05, 3.63) is 42.2 Å². The SMILES string of the molecule is Nc1ccc(-n2ccc(C(=O)N3CCCSCC3)n2)cc1. The number of rotatable bonds is 2. The highest BCUT2D eigenvalue weighted by Crippen LogP contribution is 2.14. The molecule has 1 aliphatic rings. The van der Waals surface area contributed by atoms with E-state index in [1.54, 1.807) is 10.7 Å². The Morgan fingerprint density at radius 2 is 1.95 bits per heavy atom. The summed E-state index contributed by atoms with van der Waals surface area (Å²) in [4.78, 5) is 14.4. The Hall–Kier alpha value is -1.95. The number of amides is 1. The molecule has 2 aromatic rings. The second-order valence-corrected chi connectivity index (χ2v) is 6.22. The predicted molar refractivity (Wildman–Crippen MR) is 85.8 cm³/mol. The summed E-state index contributed by atoms with van der Waals surface area (Å²) in [5.41, 5.74) is 7.79. The molecule has 1 amide bonds. The largest absolute Gasteiger partial charge is 0.399 e. The van der Waals surface area contributed by atoms with Crippen LogP contribution in [0.4, 0.5) is 5.69 Å². The van der Waals surface area contributed by atoms with Crippen molar-refractivity contribution in [1.29, 1.82) is 0 Å². The number of thioether (sulfide) groups is 1. The van der Waals surface area contributed by atoms with Gasteiger partial charge in [0.25, 0.3) is 5.91 Å². The molecule has 21 heavy (non-hydrogen) atoms. The molecule has 0 saturated carbocycles. The van der Waals surface area contributed by atoms with Crippen LogP contribution in [0.25, 0.3) is 5.69 Å². The van der Waals surface area contributed by atoms with Crippen LogP contribution in [-0.4, -0.2) is 45.2 Å². The normalized spacial score (nSPS) is 15.7. The summed E-state index contributed by atoms with van der Waals surface area (Å²) >= 11 is 1.90. The van der Waals surface area contributed by atoms with E-state index in [1.807, 2.05) is 47.1 Å². The zero-order valence-corrected chi connectivity index (χ0v) is 12.6. The fraction of sp³-hybridized carbons (Fsp3) is 0.333. The quantitative estimate of drug-likeness (QED) is 0.862. The maximum absolute atomic E-state index is 12.5. The topological polar surface area (TPSA) is 64.2 Å². The second-order valence-electron chi connectivity index (χ2n) is 5.00. The number of carbonyl (C=O) groups excluding carboxylic acids is 1. The van der Waals surface area contributed by atoms with Gasteiger partial charge in [0.2, 0.25) is 0 Å². The minimum Gasteiger partial charge on any atom is -0.399 e. The summed E-state index contributed by atoms with van der Waals surface area (Å²) in [5, 5.41) is 4.39. The molecule has 3 rings (SSSR count). The first kappa shape index (κ1) is 14.0. The van der Waals surface area contributed by atoms with E-state index in [-0.39, 0.29) is 5.91 Å². The Labute approximate surface area is 128 Å². The molecule has 2 heterocycles. The van der Waals surface area contributed by atoms with Gasteiger partial charge in [0.1, 0.15) is 0 Å². The molecule has 1 aromatic heterocycles. The van der Waals surface area contributed by atoms with E-state index in [4.69, 9.17) is 5.73 Å². The molecule has 0 bridgehead atoms. The zero-order valence-electron chi connectivity index (χ0n) is 11.7. The van der Waals surface area contributed by atoms with Gasteiger partial charge in [0.15, 0.2) is 5.69 Å². The third-order valence-corrected chi connectivity index (χ3v) is 4.52. The molecule has 1 aliphatic heterocycles. The minimum atomic E-state index is 0.0201. The number of carbonyl (C=O) groups is 1. The molecule has 110 valence electrons. The van der Waals surface area contributed by atoms with Crippen molar-refractivity contribution in [3.8, 4) is 5.69 Å². The average molecular weight is 302 g/mol. The lowest BCUT2D eigenvalue weighted by Gasteiger charge is -2.18. The van der Waals surface area contributed by atoms with Crippen LogP contribution in [0.5, 0.6) is 0 Å². The monoisotopic (exact) mass is 302 g/mol. The number of nitrogens with zero attached hydrogens (tertiary/aromatic N) is 3. The number of hydrogen-bond acceptors (Lipinski definition) is 4. The van der Waals surface area contributed by atoms with E-state index in [2.05, 4.69) is 5.10 Å². The average Bonchev–Trinajstić information content (AvgIpc) is 2.83. The van der Waals surface area contributed by atoms with Gasteiger partial charge in [-0.2, -0.15) is 16.9 Å². The molecule has 0 spiro atoms. The standard InChI is InChI=1S/C15H18N4OS/c16-12-2-4-13(5-3-12)19-8-6-14(17-19)15(20)18-7-1-10-21-11-9-18/h2-6,8H,1,7,9-11,16H2. The van der Waals surface area contributed by atoms with Gasteiger partial charge in [0.05, 0.1) is 5.69 Å². The summed E-state index contributed by atoms with van der Waals surface area (Å²) in [6.07, 6.45) is 2.86. The van der Waals surface area contributed by atoms with E-state index in [1.165, 1.54) is 0 Å². The van der Waals surface area contributed by atoms with Gasteiger partial charge in [-0.1, -0.05) is 0 Å². The summed E-state index contributed by atoms with van der Waals surface area (Å²) in [7, 11) is 0. The van der Waals surface area contributed by atoms with Crippen LogP contribution < -0.4 is 5.73 Å². The van der Waals surface area contributed by atoms with Crippen molar-refractivity contribution >= 4 is 23.4 Å². The smallest absolute Gasteiger partial charge is 0.274 e. The summed E-state index contributed by atoms with van der Waals surface area (Å²) in [5.74, 6) is 2.15. The molecule has 0 atom stereocenters. The second kappa shape index (κ2) is 6.22. The van der Waals surface area contributed by atoms with Crippen LogP contribution in [0.15, 0.2) is 36.5 Å². The molecule has 0 aliphatic carbocycles. The Morgan fingerprint density at radius 3 is 2.76 bits per heavy atom. The highest BCUT2D eigenvalue weighted by Gasteiger charge is 2.19. The highest BCUT2D eigenvalue weighted by molar-refractivity contribution is 7.99. The fourth-order valence-electron chi connectivity index (χ4n) is 2.32. The molecule has 0 unspecified atom stereocenters. The van der Waals surface area contributed by atoms with E-state index in [9.17, 15) is 4.79 Å². The van der Waals surface area contributed by atoms with E-state index in [0.717, 1.165) is 36.7 Å². The maximum Gasteiger partial charge on any atom is 0.274 e. The van der Waals surface area contributed by atoms with Gasteiger partial charge in [-0.25, -0.2) is 4.68 Å². The van der Waals surface area contributed by atoms with E-state index in [0.29, 0.717) is 11.4 Å². The van der Waals surface area contributed by atoms with Crippen LogP contribution >= 0.6 is 11.8 Å². The summed E-state index contributed by atoms with van der Waals surface area (Å²) in [6, 6.07) is 9.20. The van der Waals surface area contributed by atoms with Crippen LogP contribution in [0.3, 0.4) is 0 Å². The lowest BCUT2D eigenvalue weighted by atomic mass is 10.3. The van der Waals surface area contributed by atoms with Crippen molar-refractivity contribution in [3.63, 3.8) is 0 Å². The number of anilines is 1. The number of hydrogen-bond donors (Lipinski definition) is 1. The van der Waals surface area contributed by atoms with Crippen molar-refractivity contribution < 1.29 is 4.79 Å². The van der Waals surface area contributed by atoms with Crippen molar-refractivity contribution in [1.82, 2.24) is 14.7 Å². The van der Waals surface area contributed by atoms with Crippen molar-refractivity contribution in [2.75, 3.05) is 30.3 Å². The lowest BCUT2D eigenvalue weighted by molar-refractivity contribution is 0.0762. The molecule has 5 nitrogen and oxygen atoms in total. The van der Waals surface area contributed by atoms with Gasteiger partial charge in [0, 0.05) is 30.7 Å². The zero-order chi connectivity index (χ0) is 14.7. The van der Waals surface area contributed by atoms with Gasteiger partial charge in [-0.05, 0) is 42.5 Å². The number of nitrogens with two attached hydrogens (primary N) is 1. The van der Waals surface area contributed by atoms with Crippen LogP contribution in [0.2, 0.25) is 0 Å². The number of benzene rings is 1. The van der Waals surface area contributed by atoms with Crippen molar-refractivity contribution in [2.24, 2.45) is 0 Å². The summed E-state index contributed by atoms with van der Waals surface area (Å²) in [6.45, 7) is 1.62. The third-order valence-electron chi connectivity index (χ3n) is 3.48. The Balaban J connectivity index is 1.77. The van der Waals surface area contributed by atoms with E-state index >= 15 is 0 Å². The highest BCUT2D eigenvalue weighted by atomic mass is 32.2. The Bertz CT molecular complexity index is 615. The lowest BCUT2D eigenvalue weighted by Crippen LogP contribution is -2.33. The maximum atomic E-state index is 12.5. The summed E-state index contributed by atoms with van der Waals surface area (Å²) < 4.78 is 1.71. The predicted octanol–water partition coefficient (Wildman–Crippen LogP) is 2.03. The third kappa shape index (κ3) is 3.21. The molecule has 1 fully saturated rings. The first-order valence-corrected chi connectivity index (χ1v) is 8.18. The molecular weight excluding hydrogens is 284 g/mol. The molecule has 2 N–H and O–H groups in total. The van der Waals surface area contributed by atoms with Crippen LogP contribution in [-0.2, 0) is 0 Å². The van der Waals surface area contributed by atoms with Gasteiger partial charge >= 0.3 is 0 Å². The minimum absolute atomic E-state index is 0.0201. The Kier molecular flexibility index (Phi) is 4.15.